The minimum absolute atomic E-state index is 0.538. The second-order valence-electron chi connectivity index (χ2n) is 4.26. The highest BCUT2D eigenvalue weighted by atomic mass is 35.5. The average molecular weight is 300 g/mol. The van der Waals surface area contributed by atoms with Gasteiger partial charge in [-0.15, -0.1) is 0 Å². The first-order chi connectivity index (χ1) is 9.19. The van der Waals surface area contributed by atoms with Gasteiger partial charge >= 0.3 is 0 Å². The topological polar surface area (TPSA) is 64.9 Å². The van der Waals surface area contributed by atoms with Gasteiger partial charge in [0.25, 0.3) is 0 Å². The van der Waals surface area contributed by atoms with Gasteiger partial charge in [-0.3, -0.25) is 0 Å². The lowest BCUT2D eigenvalue weighted by molar-refractivity contribution is 0.370. The summed E-state index contributed by atoms with van der Waals surface area (Å²) in [5, 5.41) is 5.17. The van der Waals surface area contributed by atoms with E-state index >= 15 is 0 Å². The monoisotopic (exact) mass is 299 g/mol. The maximum absolute atomic E-state index is 6.10. The minimum atomic E-state index is 0.538. The van der Waals surface area contributed by atoms with Crippen molar-refractivity contribution in [1.82, 2.24) is 10.1 Å². The fourth-order valence-corrected chi connectivity index (χ4v) is 2.19. The van der Waals surface area contributed by atoms with Crippen molar-refractivity contribution in [1.29, 1.82) is 0 Å². The molecular weight excluding hydrogens is 285 g/mol. The van der Waals surface area contributed by atoms with Gasteiger partial charge in [0.2, 0.25) is 5.89 Å². The lowest BCUT2D eigenvalue weighted by atomic mass is 10.1. The Labute approximate surface area is 121 Å². The van der Waals surface area contributed by atoms with Crippen molar-refractivity contribution in [2.75, 3.05) is 6.54 Å². The third-order valence-corrected chi connectivity index (χ3v) is 3.31. The third-order valence-electron chi connectivity index (χ3n) is 2.72. The van der Waals surface area contributed by atoms with Crippen molar-refractivity contribution in [2.45, 2.75) is 25.7 Å². The molecule has 0 saturated heterocycles. The van der Waals surface area contributed by atoms with E-state index in [1.807, 2.05) is 6.07 Å². The molecular formula is C13H15Cl2N3O. The molecule has 1 aromatic heterocycles. The fraction of sp³-hybridized carbons (Fsp3) is 0.385. The molecule has 0 amide bonds. The fourth-order valence-electron chi connectivity index (χ4n) is 1.72. The van der Waals surface area contributed by atoms with Crippen molar-refractivity contribution in [3.8, 4) is 0 Å². The summed E-state index contributed by atoms with van der Waals surface area (Å²) in [6.07, 6.45) is 3.22. The van der Waals surface area contributed by atoms with Gasteiger partial charge in [0, 0.05) is 22.9 Å². The predicted molar refractivity (Wildman–Crippen MR) is 75.6 cm³/mol. The molecule has 0 spiro atoms. The van der Waals surface area contributed by atoms with Crippen LogP contribution in [0.3, 0.4) is 0 Å². The Bertz CT molecular complexity index is 542. The normalized spacial score (nSPS) is 10.9. The summed E-state index contributed by atoms with van der Waals surface area (Å²) in [6.45, 7) is 0.682. The smallest absolute Gasteiger partial charge is 0.226 e. The predicted octanol–water partition coefficient (Wildman–Crippen LogP) is 3.25. The highest BCUT2D eigenvalue weighted by molar-refractivity contribution is 6.35. The summed E-state index contributed by atoms with van der Waals surface area (Å²) < 4.78 is 5.18. The first-order valence-corrected chi connectivity index (χ1v) is 6.90. The summed E-state index contributed by atoms with van der Waals surface area (Å²) in [4.78, 5) is 4.33. The van der Waals surface area contributed by atoms with Gasteiger partial charge in [0.15, 0.2) is 5.82 Å². The molecule has 0 aliphatic carbocycles. The van der Waals surface area contributed by atoms with Crippen LogP contribution in [0.15, 0.2) is 22.7 Å². The van der Waals surface area contributed by atoms with Gasteiger partial charge < -0.3 is 10.3 Å². The van der Waals surface area contributed by atoms with Crippen molar-refractivity contribution in [2.24, 2.45) is 5.73 Å². The average Bonchev–Trinajstić information content (AvgIpc) is 2.81. The van der Waals surface area contributed by atoms with E-state index in [0.29, 0.717) is 34.7 Å². The van der Waals surface area contributed by atoms with Crippen LogP contribution in [-0.2, 0) is 12.8 Å². The Balaban J connectivity index is 1.99. The molecule has 1 heterocycles. The van der Waals surface area contributed by atoms with Gasteiger partial charge in [0.05, 0.1) is 0 Å². The van der Waals surface area contributed by atoms with Crippen molar-refractivity contribution >= 4 is 23.2 Å². The first-order valence-electron chi connectivity index (χ1n) is 6.14. The van der Waals surface area contributed by atoms with Crippen molar-refractivity contribution < 1.29 is 4.52 Å². The van der Waals surface area contributed by atoms with Crippen LogP contribution in [0.25, 0.3) is 0 Å². The molecule has 0 radical (unpaired) electrons. The van der Waals surface area contributed by atoms with Crippen LogP contribution in [0.2, 0.25) is 10.0 Å². The minimum Gasteiger partial charge on any atom is -0.339 e. The zero-order valence-electron chi connectivity index (χ0n) is 10.4. The molecule has 2 N–H and O–H groups in total. The van der Waals surface area contributed by atoms with Crippen LogP contribution in [0.1, 0.15) is 30.1 Å². The van der Waals surface area contributed by atoms with Crippen molar-refractivity contribution in [3.05, 3.63) is 45.5 Å². The molecule has 2 rings (SSSR count). The summed E-state index contributed by atoms with van der Waals surface area (Å²) in [5.41, 5.74) is 6.37. The molecule has 19 heavy (non-hydrogen) atoms. The van der Waals surface area contributed by atoms with Crippen LogP contribution < -0.4 is 5.73 Å². The van der Waals surface area contributed by atoms with Crippen LogP contribution in [-0.4, -0.2) is 16.7 Å². The number of unbranched alkanes of at least 4 members (excludes halogenated alkanes) is 1. The Morgan fingerprint density at radius 2 is 2.05 bits per heavy atom. The first kappa shape index (κ1) is 14.3. The van der Waals surface area contributed by atoms with E-state index in [1.165, 1.54) is 0 Å². The Kier molecular flexibility index (Phi) is 5.19. The van der Waals surface area contributed by atoms with E-state index in [-0.39, 0.29) is 0 Å². The van der Waals surface area contributed by atoms with Crippen LogP contribution >= 0.6 is 23.2 Å². The Hall–Kier alpha value is -1.10. The van der Waals surface area contributed by atoms with Crippen molar-refractivity contribution in [3.63, 3.8) is 0 Å². The quantitative estimate of drug-likeness (QED) is 0.832. The number of benzene rings is 1. The third kappa shape index (κ3) is 4.20. The number of hydrogen-bond donors (Lipinski definition) is 1. The lowest BCUT2D eigenvalue weighted by Crippen LogP contribution is -1.99. The van der Waals surface area contributed by atoms with E-state index in [2.05, 4.69) is 10.1 Å². The molecule has 0 aliphatic heterocycles. The highest BCUT2D eigenvalue weighted by Gasteiger charge is 2.09. The molecule has 0 saturated carbocycles. The Morgan fingerprint density at radius 1 is 1.21 bits per heavy atom. The van der Waals surface area contributed by atoms with Crippen LogP contribution in [0, 0.1) is 0 Å². The van der Waals surface area contributed by atoms with Gasteiger partial charge in [-0.25, -0.2) is 0 Å². The molecule has 0 fully saturated rings. The van der Waals surface area contributed by atoms with Gasteiger partial charge in [-0.05, 0) is 37.1 Å². The number of aromatic nitrogens is 2. The van der Waals surface area contributed by atoms with E-state index in [0.717, 1.165) is 24.8 Å². The maximum atomic E-state index is 6.10. The molecule has 2 aromatic rings. The molecule has 0 bridgehead atoms. The summed E-state index contributed by atoms with van der Waals surface area (Å²) in [7, 11) is 0. The molecule has 1 aromatic carbocycles. The number of halogens is 2. The summed E-state index contributed by atoms with van der Waals surface area (Å²) >= 11 is 12.0. The number of rotatable bonds is 6. The molecule has 4 nitrogen and oxygen atoms in total. The zero-order valence-corrected chi connectivity index (χ0v) is 11.9. The van der Waals surface area contributed by atoms with E-state index in [9.17, 15) is 0 Å². The van der Waals surface area contributed by atoms with E-state index in [4.69, 9.17) is 33.5 Å². The number of hydrogen-bond acceptors (Lipinski definition) is 4. The second-order valence-corrected chi connectivity index (χ2v) is 5.11. The molecule has 0 unspecified atom stereocenters. The standard InChI is InChI=1S/C13H15Cl2N3O/c14-10-5-4-9(11(15)8-10)7-12-17-13(19-18-12)3-1-2-6-16/h4-5,8H,1-3,6-7,16H2. The van der Waals surface area contributed by atoms with E-state index in [1.54, 1.807) is 12.1 Å². The second kappa shape index (κ2) is 6.89. The summed E-state index contributed by atoms with van der Waals surface area (Å²) in [5.74, 6) is 1.28. The number of nitrogens with zero attached hydrogens (tertiary/aromatic N) is 2. The maximum Gasteiger partial charge on any atom is 0.226 e. The number of aryl methyl sites for hydroxylation is 1. The molecule has 102 valence electrons. The number of nitrogens with two attached hydrogens (primary N) is 1. The molecule has 0 atom stereocenters. The van der Waals surface area contributed by atoms with Crippen LogP contribution in [0.4, 0.5) is 0 Å². The lowest BCUT2D eigenvalue weighted by Gasteiger charge is -2.00. The Morgan fingerprint density at radius 3 is 2.79 bits per heavy atom. The van der Waals surface area contributed by atoms with Gasteiger partial charge in [-0.2, -0.15) is 4.98 Å². The van der Waals surface area contributed by atoms with Gasteiger partial charge in [0.1, 0.15) is 0 Å². The molecule has 6 heteroatoms. The van der Waals surface area contributed by atoms with Crippen LogP contribution in [0.5, 0.6) is 0 Å². The summed E-state index contributed by atoms with van der Waals surface area (Å²) in [6, 6.07) is 5.38. The SMILES string of the molecule is NCCCCc1nc(Cc2ccc(Cl)cc2Cl)no1. The highest BCUT2D eigenvalue weighted by Crippen LogP contribution is 2.22. The van der Waals surface area contributed by atoms with Gasteiger partial charge in [-0.1, -0.05) is 34.4 Å². The molecule has 0 aliphatic rings. The van der Waals surface area contributed by atoms with E-state index < -0.39 is 0 Å². The largest absolute Gasteiger partial charge is 0.339 e. The zero-order chi connectivity index (χ0) is 13.7.